The summed E-state index contributed by atoms with van der Waals surface area (Å²) in [4.78, 5) is 24.2. The summed E-state index contributed by atoms with van der Waals surface area (Å²) >= 11 is 0. The molecule has 32 heavy (non-hydrogen) atoms. The highest BCUT2D eigenvalue weighted by Crippen LogP contribution is 2.14. The summed E-state index contributed by atoms with van der Waals surface area (Å²) < 4.78 is 10.5. The van der Waals surface area contributed by atoms with Crippen molar-refractivity contribution in [2.24, 2.45) is 0 Å². The first-order valence-corrected chi connectivity index (χ1v) is 12.6. The number of benzene rings is 1. The molecule has 0 radical (unpaired) electrons. The molecule has 0 saturated carbocycles. The Morgan fingerprint density at radius 1 is 0.844 bits per heavy atom. The van der Waals surface area contributed by atoms with Gasteiger partial charge in [-0.05, 0) is 44.2 Å². The van der Waals surface area contributed by atoms with Crippen LogP contribution in [0.15, 0.2) is 51.7 Å². The normalized spacial score (nSPS) is 11.4. The highest BCUT2D eigenvalue weighted by Gasteiger charge is 2.14. The van der Waals surface area contributed by atoms with Crippen LogP contribution >= 0.6 is 0 Å². The van der Waals surface area contributed by atoms with Crippen molar-refractivity contribution in [3.63, 3.8) is 0 Å². The van der Waals surface area contributed by atoms with Crippen LogP contribution in [-0.2, 0) is 4.74 Å². The van der Waals surface area contributed by atoms with Crippen LogP contribution in [0.5, 0.6) is 0 Å². The molecular weight excluding hydrogens is 400 g/mol. The van der Waals surface area contributed by atoms with Crippen LogP contribution in [-0.4, -0.2) is 12.6 Å². The van der Waals surface area contributed by atoms with Crippen molar-refractivity contribution in [2.45, 2.75) is 96.8 Å². The zero-order chi connectivity index (χ0) is 22.9. The second-order valence-electron chi connectivity index (χ2n) is 8.56. The van der Waals surface area contributed by atoms with Crippen LogP contribution in [0, 0.1) is 0 Å². The Morgan fingerprint density at radius 3 is 2.12 bits per heavy atom. The van der Waals surface area contributed by atoms with Gasteiger partial charge in [0.25, 0.3) is 0 Å². The number of unbranched alkanes of at least 4 members (excludes halogenated alkanes) is 12. The van der Waals surface area contributed by atoms with Crippen molar-refractivity contribution in [3.05, 3.63) is 58.5 Å². The summed E-state index contributed by atoms with van der Waals surface area (Å²) in [5.41, 5.74) is -0.203. The van der Waals surface area contributed by atoms with Crippen LogP contribution < -0.4 is 5.63 Å². The monoisotopic (exact) mass is 440 g/mol. The summed E-state index contributed by atoms with van der Waals surface area (Å²) in [6.07, 6.45) is 22.0. The molecule has 1 aromatic carbocycles. The van der Waals surface area contributed by atoms with Crippen LogP contribution in [0.25, 0.3) is 11.0 Å². The van der Waals surface area contributed by atoms with Gasteiger partial charge in [-0.2, -0.15) is 0 Å². The van der Waals surface area contributed by atoms with E-state index in [4.69, 9.17) is 9.15 Å². The fourth-order valence-corrected chi connectivity index (χ4v) is 3.80. The van der Waals surface area contributed by atoms with Crippen molar-refractivity contribution in [3.8, 4) is 0 Å². The topological polar surface area (TPSA) is 56.5 Å². The number of hydrogen-bond donors (Lipinski definition) is 0. The molecule has 176 valence electrons. The van der Waals surface area contributed by atoms with Gasteiger partial charge < -0.3 is 9.15 Å². The van der Waals surface area contributed by atoms with Crippen LogP contribution in [0.3, 0.4) is 0 Å². The third-order valence-corrected chi connectivity index (χ3v) is 5.75. The zero-order valence-corrected chi connectivity index (χ0v) is 19.8. The quantitative estimate of drug-likeness (QED) is 0.108. The molecule has 2 rings (SSSR count). The highest BCUT2D eigenvalue weighted by atomic mass is 16.5. The van der Waals surface area contributed by atoms with E-state index < -0.39 is 11.6 Å². The number of ether oxygens (including phenoxy) is 1. The van der Waals surface area contributed by atoms with Crippen molar-refractivity contribution in [1.82, 2.24) is 0 Å². The molecule has 1 heterocycles. The third-order valence-electron chi connectivity index (χ3n) is 5.75. The number of carbonyl (C=O) groups is 1. The molecule has 0 spiro atoms. The van der Waals surface area contributed by atoms with Gasteiger partial charge in [-0.1, -0.05) is 95.1 Å². The van der Waals surface area contributed by atoms with E-state index in [9.17, 15) is 9.59 Å². The predicted octanol–water partition coefficient (Wildman–Crippen LogP) is 7.99. The van der Waals surface area contributed by atoms with E-state index in [1.807, 2.05) is 6.07 Å². The second-order valence-corrected chi connectivity index (χ2v) is 8.56. The van der Waals surface area contributed by atoms with Gasteiger partial charge >= 0.3 is 11.6 Å². The number of allylic oxidation sites excluding steroid dienone is 2. The maximum atomic E-state index is 12.2. The van der Waals surface area contributed by atoms with Gasteiger partial charge in [0.1, 0.15) is 11.1 Å². The lowest BCUT2D eigenvalue weighted by atomic mass is 10.1. The number of fused-ring (bicyclic) bond motifs is 1. The molecule has 0 aliphatic heterocycles. The minimum Gasteiger partial charge on any atom is -0.462 e. The highest BCUT2D eigenvalue weighted by molar-refractivity contribution is 5.92. The Hall–Kier alpha value is -2.36. The number of para-hydroxylation sites is 1. The summed E-state index contributed by atoms with van der Waals surface area (Å²) in [6.45, 7) is 2.60. The van der Waals surface area contributed by atoms with Gasteiger partial charge in [-0.15, -0.1) is 0 Å². The molecule has 4 heteroatoms. The fraction of sp³-hybridized carbons (Fsp3) is 0.571. The maximum Gasteiger partial charge on any atom is 0.351 e. The molecule has 0 atom stereocenters. The summed E-state index contributed by atoms with van der Waals surface area (Å²) in [6, 6.07) is 8.69. The lowest BCUT2D eigenvalue weighted by Gasteiger charge is -2.05. The summed E-state index contributed by atoms with van der Waals surface area (Å²) in [5.74, 6) is -0.600. The molecule has 0 fully saturated rings. The molecule has 0 unspecified atom stereocenters. The lowest BCUT2D eigenvalue weighted by molar-refractivity contribution is 0.0493. The van der Waals surface area contributed by atoms with Crippen molar-refractivity contribution in [2.75, 3.05) is 6.61 Å². The number of carbonyl (C=O) groups excluding carboxylic acids is 1. The Morgan fingerprint density at radius 2 is 1.44 bits per heavy atom. The van der Waals surface area contributed by atoms with Crippen molar-refractivity contribution in [1.29, 1.82) is 0 Å². The van der Waals surface area contributed by atoms with Crippen LogP contribution in [0.2, 0.25) is 0 Å². The first kappa shape index (κ1) is 25.9. The van der Waals surface area contributed by atoms with E-state index in [0.717, 1.165) is 24.6 Å². The third kappa shape index (κ3) is 10.3. The van der Waals surface area contributed by atoms with Gasteiger partial charge in [0.15, 0.2) is 0 Å². The van der Waals surface area contributed by atoms with E-state index >= 15 is 0 Å². The van der Waals surface area contributed by atoms with Crippen LogP contribution in [0.4, 0.5) is 0 Å². The predicted molar refractivity (Wildman–Crippen MR) is 132 cm³/mol. The molecule has 0 amide bonds. The Balaban J connectivity index is 1.45. The molecule has 0 aliphatic rings. The first-order chi connectivity index (χ1) is 15.7. The van der Waals surface area contributed by atoms with E-state index in [1.54, 1.807) is 24.3 Å². The standard InChI is InChI=1S/C28H40O4/c1-2-3-4-5-6-7-8-9-10-11-12-13-14-15-16-19-22-31-27(29)25-23-24-20-17-18-21-26(24)32-28(25)30/h9-10,17-18,20-21,23H,2-8,11-16,19,22H2,1H3/b10-9+. The fourth-order valence-electron chi connectivity index (χ4n) is 3.80. The molecule has 2 aromatic rings. The van der Waals surface area contributed by atoms with E-state index in [1.165, 1.54) is 70.6 Å². The Kier molecular flexibility index (Phi) is 13.2. The SMILES string of the molecule is CCCCCCCC/C=C/CCCCCCCCOC(=O)c1cc2ccccc2oc1=O. The minimum absolute atomic E-state index is 0.0340. The maximum absolute atomic E-state index is 12.2. The van der Waals surface area contributed by atoms with Crippen LogP contribution in [0.1, 0.15) is 107 Å². The van der Waals surface area contributed by atoms with E-state index in [2.05, 4.69) is 19.1 Å². The van der Waals surface area contributed by atoms with Gasteiger partial charge in [0, 0.05) is 5.39 Å². The van der Waals surface area contributed by atoms with Gasteiger partial charge in [-0.3, -0.25) is 0 Å². The zero-order valence-electron chi connectivity index (χ0n) is 19.8. The number of esters is 1. The van der Waals surface area contributed by atoms with Gasteiger partial charge in [0.05, 0.1) is 6.61 Å². The molecule has 0 saturated heterocycles. The first-order valence-electron chi connectivity index (χ1n) is 12.6. The van der Waals surface area contributed by atoms with E-state index in [-0.39, 0.29) is 5.56 Å². The molecule has 1 aromatic heterocycles. The summed E-state index contributed by atoms with van der Waals surface area (Å²) in [5, 5.41) is 0.719. The molecular formula is C28H40O4. The number of hydrogen-bond acceptors (Lipinski definition) is 4. The smallest absolute Gasteiger partial charge is 0.351 e. The van der Waals surface area contributed by atoms with Gasteiger partial charge in [0.2, 0.25) is 0 Å². The largest absolute Gasteiger partial charge is 0.462 e. The number of rotatable bonds is 17. The molecule has 0 aliphatic carbocycles. The average Bonchev–Trinajstić information content (AvgIpc) is 2.80. The van der Waals surface area contributed by atoms with Crippen molar-refractivity contribution >= 4 is 16.9 Å². The molecule has 0 bridgehead atoms. The Bertz CT molecular complexity index is 865. The lowest BCUT2D eigenvalue weighted by Crippen LogP contribution is -2.16. The average molecular weight is 441 g/mol. The Labute approximate surface area is 193 Å². The summed E-state index contributed by atoms with van der Waals surface area (Å²) in [7, 11) is 0. The molecule has 4 nitrogen and oxygen atoms in total. The second kappa shape index (κ2) is 16.3. The van der Waals surface area contributed by atoms with Gasteiger partial charge in [-0.25, -0.2) is 9.59 Å². The molecule has 0 N–H and O–H groups in total. The minimum atomic E-state index is -0.644. The van der Waals surface area contributed by atoms with E-state index in [0.29, 0.717) is 12.2 Å². The van der Waals surface area contributed by atoms with Crippen molar-refractivity contribution < 1.29 is 13.9 Å².